The number of nitrogens with two attached hydrogens (primary N) is 2. The van der Waals surface area contributed by atoms with Crippen LogP contribution >= 0.6 is 0 Å². The summed E-state index contributed by atoms with van der Waals surface area (Å²) in [6.07, 6.45) is 0. The molecule has 0 saturated heterocycles. The van der Waals surface area contributed by atoms with Gasteiger partial charge in [0.1, 0.15) is 0 Å². The molecule has 2 aliphatic rings. The second-order valence-electron chi connectivity index (χ2n) is 4.79. The molecule has 0 amide bonds. The van der Waals surface area contributed by atoms with Crippen LogP contribution in [0.5, 0.6) is 0 Å². The summed E-state index contributed by atoms with van der Waals surface area (Å²) in [5, 5.41) is 7.00. The molecule has 0 saturated carbocycles. The van der Waals surface area contributed by atoms with Crippen molar-refractivity contribution in [1.29, 1.82) is 0 Å². The van der Waals surface area contributed by atoms with Crippen molar-refractivity contribution in [2.75, 3.05) is 37.7 Å². The number of rotatable bonds is 0. The maximum Gasteiger partial charge on any atom is 0.0910 e. The van der Waals surface area contributed by atoms with Crippen LogP contribution in [0.1, 0.15) is 52.7 Å². The summed E-state index contributed by atoms with van der Waals surface area (Å²) in [5.41, 5.74) is 14.7. The summed E-state index contributed by atoms with van der Waals surface area (Å²) in [7, 11) is 4.00. The van der Waals surface area contributed by atoms with Gasteiger partial charge in [-0.3, -0.25) is 0 Å². The molecular formula is C26H52N4OY2-2. The minimum absolute atomic E-state index is 0. The molecule has 2 heterocycles. The Labute approximate surface area is 257 Å². The van der Waals surface area contributed by atoms with Gasteiger partial charge in [0.25, 0.3) is 0 Å². The van der Waals surface area contributed by atoms with Crippen LogP contribution in [0.3, 0.4) is 0 Å². The van der Waals surface area contributed by atoms with Crippen LogP contribution in [0.15, 0.2) is 48.5 Å². The Morgan fingerprint density at radius 2 is 0.818 bits per heavy atom. The van der Waals surface area contributed by atoms with Crippen LogP contribution in [-0.2, 0) is 78.5 Å². The van der Waals surface area contributed by atoms with E-state index in [1.165, 1.54) is 36.6 Å². The van der Waals surface area contributed by atoms with Gasteiger partial charge in [-0.1, -0.05) is 77.9 Å². The number of nitrogens with zero attached hydrogens (tertiary/aromatic N) is 2. The van der Waals surface area contributed by atoms with Crippen LogP contribution in [0.25, 0.3) is 0 Å². The molecule has 7 heteroatoms. The third-order valence-electron chi connectivity index (χ3n) is 3.73. The molecule has 5 nitrogen and oxygen atoms in total. The van der Waals surface area contributed by atoms with Crippen LogP contribution in [-0.4, -0.2) is 33.0 Å². The Balaban J connectivity index is -0.0000000751. The number of benzene rings is 2. The van der Waals surface area contributed by atoms with E-state index < -0.39 is 0 Å². The Morgan fingerprint density at radius 3 is 1.09 bits per heavy atom. The SMILES string of the molecule is CC.CC.CC.CN.CN.CO.[CH3-].[CH3-].[Y].[Y].c1ccc2c(c1)CN1CN2Cc2ccccc21. The van der Waals surface area contributed by atoms with E-state index in [1.807, 2.05) is 41.5 Å². The summed E-state index contributed by atoms with van der Waals surface area (Å²) < 4.78 is 0. The van der Waals surface area contributed by atoms with Crippen LogP contribution in [0, 0.1) is 14.9 Å². The number of para-hydroxylation sites is 2. The van der Waals surface area contributed by atoms with E-state index in [0.717, 1.165) is 26.9 Å². The van der Waals surface area contributed by atoms with Gasteiger partial charge in [0.05, 0.1) is 6.67 Å². The van der Waals surface area contributed by atoms with Gasteiger partial charge in [-0.25, -0.2) is 0 Å². The van der Waals surface area contributed by atoms with Crippen molar-refractivity contribution in [1.82, 2.24) is 0 Å². The Kier molecular flexibility index (Phi) is 55.7. The zero-order chi connectivity index (χ0) is 23.2. The van der Waals surface area contributed by atoms with E-state index in [2.05, 4.69) is 69.8 Å². The van der Waals surface area contributed by atoms with Crippen molar-refractivity contribution in [3.63, 3.8) is 0 Å². The van der Waals surface area contributed by atoms with E-state index in [4.69, 9.17) is 5.11 Å². The first kappa shape index (κ1) is 50.1. The van der Waals surface area contributed by atoms with E-state index in [1.54, 1.807) is 0 Å². The van der Waals surface area contributed by atoms with Crippen molar-refractivity contribution in [3.05, 3.63) is 74.5 Å². The summed E-state index contributed by atoms with van der Waals surface area (Å²) in [4.78, 5) is 4.92. The number of aliphatic hydroxyl groups is 1. The number of hydrogen-bond acceptors (Lipinski definition) is 5. The largest absolute Gasteiger partial charge is 0.400 e. The third-order valence-corrected chi connectivity index (χ3v) is 3.73. The predicted molar refractivity (Wildman–Crippen MR) is 145 cm³/mol. The minimum Gasteiger partial charge on any atom is -0.400 e. The van der Waals surface area contributed by atoms with E-state index in [9.17, 15) is 0 Å². The number of anilines is 2. The topological polar surface area (TPSA) is 78.7 Å². The molecule has 2 aliphatic heterocycles. The smallest absolute Gasteiger partial charge is 0.0910 e. The zero-order valence-corrected chi connectivity index (χ0v) is 29.1. The summed E-state index contributed by atoms with van der Waals surface area (Å²) in [6.45, 7) is 15.1. The standard InChI is InChI=1S/C15H14N2.3C2H6.2CH5N.CH4O.2CH3.2Y/c1-3-7-14-12(5-1)9-16-11-17(14)10-13-6-2-4-8-15(13)16;6*1-2;;;;/h1-8H,9-11H2;3*1-2H3;2*2H2,1H3;2H,1H3;2*1H3;;/q;;;;;;;2*-1;;. The van der Waals surface area contributed by atoms with Gasteiger partial charge in [0.15, 0.2) is 0 Å². The monoisotopic (exact) mass is 614 g/mol. The van der Waals surface area contributed by atoms with Crippen LogP contribution in [0.4, 0.5) is 11.4 Å². The van der Waals surface area contributed by atoms with E-state index in [0.29, 0.717) is 0 Å². The second-order valence-corrected chi connectivity index (χ2v) is 4.79. The minimum atomic E-state index is 0. The third kappa shape index (κ3) is 16.4. The molecule has 0 aromatic heterocycles. The number of hydrogen-bond donors (Lipinski definition) is 3. The normalized spacial score (nSPS) is 9.58. The Morgan fingerprint density at radius 1 is 0.576 bits per heavy atom. The fourth-order valence-corrected chi connectivity index (χ4v) is 2.95. The number of aliphatic hydroxyl groups excluding tert-OH is 1. The van der Waals surface area contributed by atoms with Gasteiger partial charge in [0, 0.05) is 97.0 Å². The molecule has 4 rings (SSSR count). The molecule has 2 bridgehead atoms. The Bertz CT molecular complexity index is 551. The van der Waals surface area contributed by atoms with Crippen molar-refractivity contribution >= 4 is 11.4 Å². The van der Waals surface area contributed by atoms with Gasteiger partial charge in [-0.05, 0) is 37.4 Å². The van der Waals surface area contributed by atoms with Gasteiger partial charge < -0.3 is 41.2 Å². The molecule has 2 aromatic rings. The maximum atomic E-state index is 7.00. The summed E-state index contributed by atoms with van der Waals surface area (Å²) in [5.74, 6) is 0. The molecule has 0 aliphatic carbocycles. The fourth-order valence-electron chi connectivity index (χ4n) is 2.95. The van der Waals surface area contributed by atoms with Crippen LogP contribution < -0.4 is 21.3 Å². The quantitative estimate of drug-likeness (QED) is 0.331. The van der Waals surface area contributed by atoms with Gasteiger partial charge in [-0.15, -0.1) is 0 Å². The average Bonchev–Trinajstić information content (AvgIpc) is 2.87. The maximum absolute atomic E-state index is 7.00. The summed E-state index contributed by atoms with van der Waals surface area (Å²) in [6, 6.07) is 17.5. The first-order valence-electron chi connectivity index (χ1n) is 10.7. The number of fused-ring (bicyclic) bond motifs is 6. The van der Waals surface area contributed by atoms with Gasteiger partial charge in [0.2, 0.25) is 0 Å². The van der Waals surface area contributed by atoms with Crippen molar-refractivity contribution < 1.29 is 70.5 Å². The molecule has 33 heavy (non-hydrogen) atoms. The molecule has 0 spiro atoms. The fraction of sp³-hybridized carbons (Fsp3) is 0.462. The average molecular weight is 615 g/mol. The predicted octanol–water partition coefficient (Wildman–Crippen LogP) is 5.72. The molecule has 190 valence electrons. The molecule has 5 N–H and O–H groups in total. The molecule has 2 radical (unpaired) electrons. The van der Waals surface area contributed by atoms with Crippen LogP contribution in [0.2, 0.25) is 0 Å². The molecule has 0 unspecified atom stereocenters. The van der Waals surface area contributed by atoms with Crippen molar-refractivity contribution in [3.8, 4) is 0 Å². The first-order valence-corrected chi connectivity index (χ1v) is 10.7. The molecular weight excluding hydrogens is 562 g/mol. The molecule has 2 aromatic carbocycles. The zero-order valence-electron chi connectivity index (χ0n) is 23.4. The molecule has 0 atom stereocenters. The first-order chi connectivity index (χ1) is 14.4. The van der Waals surface area contributed by atoms with Crippen molar-refractivity contribution in [2.24, 2.45) is 11.5 Å². The van der Waals surface area contributed by atoms with Gasteiger partial charge in [-0.2, -0.15) is 0 Å². The van der Waals surface area contributed by atoms with Gasteiger partial charge >= 0.3 is 0 Å². The summed E-state index contributed by atoms with van der Waals surface area (Å²) >= 11 is 0. The molecule has 0 fully saturated rings. The Hall–Kier alpha value is 0.128. The second kappa shape index (κ2) is 36.7. The van der Waals surface area contributed by atoms with Crippen molar-refractivity contribution in [2.45, 2.75) is 54.6 Å². The van der Waals surface area contributed by atoms with E-state index in [-0.39, 0.29) is 80.3 Å². The van der Waals surface area contributed by atoms with E-state index >= 15 is 0 Å².